The molecule has 18 heavy (non-hydrogen) atoms. The molecule has 0 aliphatic carbocycles. The molecule has 4 nitrogen and oxygen atoms in total. The molecule has 1 aliphatic heterocycles. The van der Waals surface area contributed by atoms with Gasteiger partial charge in [0, 0.05) is 26.6 Å². The Labute approximate surface area is 107 Å². The fourth-order valence-electron chi connectivity index (χ4n) is 2.16. The number of aliphatic hydroxyl groups excluding tert-OH is 1. The van der Waals surface area contributed by atoms with Gasteiger partial charge in [-0.1, -0.05) is 12.1 Å². The lowest BCUT2D eigenvalue weighted by Crippen LogP contribution is -2.35. The van der Waals surface area contributed by atoms with Gasteiger partial charge in [-0.15, -0.1) is 0 Å². The predicted molar refractivity (Wildman–Crippen MR) is 68.3 cm³/mol. The van der Waals surface area contributed by atoms with Crippen molar-refractivity contribution >= 4 is 5.97 Å². The molecule has 2 rings (SSSR count). The molecule has 0 aromatic heterocycles. The van der Waals surface area contributed by atoms with E-state index < -0.39 is 0 Å². The molecule has 0 spiro atoms. The number of rotatable bonds is 3. The van der Waals surface area contributed by atoms with Crippen LogP contribution in [0, 0.1) is 0 Å². The summed E-state index contributed by atoms with van der Waals surface area (Å²) in [6.07, 6.45) is 1.57. The van der Waals surface area contributed by atoms with Crippen molar-refractivity contribution < 1.29 is 14.6 Å². The van der Waals surface area contributed by atoms with Crippen molar-refractivity contribution in [3.8, 4) is 5.75 Å². The van der Waals surface area contributed by atoms with Gasteiger partial charge in [-0.3, -0.25) is 9.69 Å². The van der Waals surface area contributed by atoms with Crippen LogP contribution in [0.5, 0.6) is 5.75 Å². The van der Waals surface area contributed by atoms with Crippen LogP contribution < -0.4 is 4.74 Å². The molecule has 0 unspecified atom stereocenters. The first-order valence-electron chi connectivity index (χ1n) is 6.31. The van der Waals surface area contributed by atoms with Gasteiger partial charge in [0.1, 0.15) is 5.75 Å². The molecule has 1 N–H and O–H groups in total. The van der Waals surface area contributed by atoms with Crippen LogP contribution in [-0.4, -0.2) is 35.2 Å². The van der Waals surface area contributed by atoms with Crippen LogP contribution in [0.1, 0.15) is 25.3 Å². The Morgan fingerprint density at radius 1 is 1.33 bits per heavy atom. The standard InChI is InChI=1S/C14H19NO3/c1-11(16)18-14-4-2-12(3-5-14)10-15-8-6-13(17)7-9-15/h2-5,13,17H,6-10H2,1H3. The largest absolute Gasteiger partial charge is 0.427 e. The molecular weight excluding hydrogens is 230 g/mol. The van der Waals surface area contributed by atoms with Crippen LogP contribution in [0.15, 0.2) is 24.3 Å². The minimum absolute atomic E-state index is 0.132. The highest BCUT2D eigenvalue weighted by Gasteiger charge is 2.16. The molecule has 4 heteroatoms. The van der Waals surface area contributed by atoms with Crippen molar-refractivity contribution in [1.29, 1.82) is 0 Å². The average Bonchev–Trinajstić information content (AvgIpc) is 2.34. The molecular formula is C14H19NO3. The van der Waals surface area contributed by atoms with Crippen LogP contribution in [0.25, 0.3) is 0 Å². The second-order valence-corrected chi connectivity index (χ2v) is 4.74. The number of benzene rings is 1. The summed E-state index contributed by atoms with van der Waals surface area (Å²) < 4.78 is 4.99. The van der Waals surface area contributed by atoms with Gasteiger partial charge in [-0.2, -0.15) is 0 Å². The van der Waals surface area contributed by atoms with Crippen molar-refractivity contribution in [2.24, 2.45) is 0 Å². The van der Waals surface area contributed by atoms with Crippen molar-refractivity contribution in [3.05, 3.63) is 29.8 Å². The van der Waals surface area contributed by atoms with Gasteiger partial charge >= 0.3 is 5.97 Å². The Balaban J connectivity index is 1.88. The van der Waals surface area contributed by atoms with Crippen LogP contribution in [0.3, 0.4) is 0 Å². The molecule has 1 heterocycles. The van der Waals surface area contributed by atoms with Gasteiger partial charge in [0.15, 0.2) is 0 Å². The van der Waals surface area contributed by atoms with Crippen LogP contribution >= 0.6 is 0 Å². The Morgan fingerprint density at radius 2 is 1.94 bits per heavy atom. The van der Waals surface area contributed by atoms with E-state index in [0.717, 1.165) is 32.5 Å². The number of carbonyl (C=O) groups is 1. The zero-order valence-electron chi connectivity index (χ0n) is 10.6. The molecule has 1 aromatic rings. The third-order valence-electron chi connectivity index (χ3n) is 3.15. The van der Waals surface area contributed by atoms with E-state index in [9.17, 15) is 9.90 Å². The summed E-state index contributed by atoms with van der Waals surface area (Å²) in [6.45, 7) is 4.15. The lowest BCUT2D eigenvalue weighted by Gasteiger charge is -2.29. The average molecular weight is 249 g/mol. The first kappa shape index (κ1) is 13.1. The highest BCUT2D eigenvalue weighted by atomic mass is 16.5. The van der Waals surface area contributed by atoms with Gasteiger partial charge in [0.25, 0.3) is 0 Å². The van der Waals surface area contributed by atoms with Crippen LogP contribution in [-0.2, 0) is 11.3 Å². The van der Waals surface area contributed by atoms with Gasteiger partial charge in [0.05, 0.1) is 6.10 Å². The predicted octanol–water partition coefficient (Wildman–Crippen LogP) is 1.57. The third kappa shape index (κ3) is 3.82. The lowest BCUT2D eigenvalue weighted by atomic mass is 10.1. The van der Waals surface area contributed by atoms with E-state index in [1.165, 1.54) is 12.5 Å². The first-order valence-corrected chi connectivity index (χ1v) is 6.31. The summed E-state index contributed by atoms with van der Waals surface area (Å²) >= 11 is 0. The Bertz CT molecular complexity index is 394. The van der Waals surface area contributed by atoms with E-state index in [1.807, 2.05) is 24.3 Å². The Hall–Kier alpha value is -1.39. The number of piperidine rings is 1. The van der Waals surface area contributed by atoms with Gasteiger partial charge in [-0.05, 0) is 30.5 Å². The molecule has 0 bridgehead atoms. The summed E-state index contributed by atoms with van der Waals surface area (Å²) in [4.78, 5) is 13.1. The van der Waals surface area contributed by atoms with Gasteiger partial charge in [-0.25, -0.2) is 0 Å². The highest BCUT2D eigenvalue weighted by molar-refractivity contribution is 5.69. The van der Waals surface area contributed by atoms with Crippen LogP contribution in [0.2, 0.25) is 0 Å². The van der Waals surface area contributed by atoms with E-state index >= 15 is 0 Å². The fourth-order valence-corrected chi connectivity index (χ4v) is 2.16. The number of esters is 1. The minimum atomic E-state index is -0.298. The van der Waals surface area contributed by atoms with Crippen molar-refractivity contribution in [2.45, 2.75) is 32.4 Å². The number of hydrogen-bond donors (Lipinski definition) is 1. The van der Waals surface area contributed by atoms with Crippen molar-refractivity contribution in [3.63, 3.8) is 0 Å². The third-order valence-corrected chi connectivity index (χ3v) is 3.15. The molecule has 0 amide bonds. The lowest BCUT2D eigenvalue weighted by molar-refractivity contribution is -0.131. The summed E-state index contributed by atoms with van der Waals surface area (Å²) in [6, 6.07) is 7.58. The summed E-state index contributed by atoms with van der Waals surface area (Å²) in [5.74, 6) is 0.285. The summed E-state index contributed by atoms with van der Waals surface area (Å²) in [7, 11) is 0. The number of nitrogens with zero attached hydrogens (tertiary/aromatic N) is 1. The van der Waals surface area contributed by atoms with E-state index in [-0.39, 0.29) is 12.1 Å². The maximum absolute atomic E-state index is 10.8. The van der Waals surface area contributed by atoms with Crippen LogP contribution in [0.4, 0.5) is 0 Å². The molecule has 98 valence electrons. The summed E-state index contributed by atoms with van der Waals surface area (Å²) in [5, 5.41) is 9.44. The first-order chi connectivity index (χ1) is 8.63. The molecule has 0 saturated carbocycles. The molecule has 1 aromatic carbocycles. The fraction of sp³-hybridized carbons (Fsp3) is 0.500. The highest BCUT2D eigenvalue weighted by Crippen LogP contribution is 2.16. The SMILES string of the molecule is CC(=O)Oc1ccc(CN2CCC(O)CC2)cc1. The van der Waals surface area contributed by atoms with Gasteiger partial charge in [0.2, 0.25) is 0 Å². The smallest absolute Gasteiger partial charge is 0.308 e. The maximum atomic E-state index is 10.8. The quantitative estimate of drug-likeness (QED) is 0.652. The number of aliphatic hydroxyl groups is 1. The zero-order valence-corrected chi connectivity index (χ0v) is 10.6. The number of hydrogen-bond acceptors (Lipinski definition) is 4. The second-order valence-electron chi connectivity index (χ2n) is 4.74. The van der Waals surface area contributed by atoms with E-state index in [1.54, 1.807) is 0 Å². The second kappa shape index (κ2) is 5.98. The normalized spacial score (nSPS) is 17.7. The molecule has 1 aliphatic rings. The van der Waals surface area contributed by atoms with E-state index in [2.05, 4.69) is 4.90 Å². The van der Waals surface area contributed by atoms with E-state index in [0.29, 0.717) is 5.75 Å². The summed E-state index contributed by atoms with van der Waals surface area (Å²) in [5.41, 5.74) is 1.20. The Kier molecular flexibility index (Phi) is 4.33. The molecule has 1 saturated heterocycles. The zero-order chi connectivity index (χ0) is 13.0. The maximum Gasteiger partial charge on any atom is 0.308 e. The van der Waals surface area contributed by atoms with Crippen molar-refractivity contribution in [2.75, 3.05) is 13.1 Å². The molecule has 0 radical (unpaired) electrons. The van der Waals surface area contributed by atoms with E-state index in [4.69, 9.17) is 4.74 Å². The molecule has 1 fully saturated rings. The monoisotopic (exact) mass is 249 g/mol. The van der Waals surface area contributed by atoms with Gasteiger partial charge < -0.3 is 9.84 Å². The number of likely N-dealkylation sites (tertiary alicyclic amines) is 1. The molecule has 0 atom stereocenters. The number of ether oxygens (including phenoxy) is 1. The topological polar surface area (TPSA) is 49.8 Å². The van der Waals surface area contributed by atoms with Crippen molar-refractivity contribution in [1.82, 2.24) is 4.90 Å². The number of carbonyl (C=O) groups excluding carboxylic acids is 1. The Morgan fingerprint density at radius 3 is 2.50 bits per heavy atom. The minimum Gasteiger partial charge on any atom is -0.427 e.